The number of aliphatic hydroxyl groups is 1. The van der Waals surface area contributed by atoms with Crippen LogP contribution in [0.15, 0.2) is 34.1 Å². The summed E-state index contributed by atoms with van der Waals surface area (Å²) in [4.78, 5) is 4.24. The van der Waals surface area contributed by atoms with Crippen molar-refractivity contribution in [2.24, 2.45) is 0 Å². The number of aliphatic hydroxyl groups excluding tert-OH is 1. The fourth-order valence-electron chi connectivity index (χ4n) is 1.71. The number of thiazole rings is 1. The Hall–Kier alpha value is -1.12. The van der Waals surface area contributed by atoms with Crippen LogP contribution < -0.4 is 5.32 Å². The van der Waals surface area contributed by atoms with Gasteiger partial charge in [-0.1, -0.05) is 28.1 Å². The van der Waals surface area contributed by atoms with Crippen LogP contribution in [0.4, 0.5) is 18.3 Å². The highest BCUT2D eigenvalue weighted by atomic mass is 79.9. The molecule has 0 aliphatic rings. The molecule has 1 aromatic heterocycles. The third kappa shape index (κ3) is 4.98. The zero-order valence-electron chi connectivity index (χ0n) is 10.7. The number of hydrogen-bond acceptors (Lipinski definition) is 4. The maximum absolute atomic E-state index is 12.3. The van der Waals surface area contributed by atoms with Crippen LogP contribution in [0.2, 0.25) is 0 Å². The summed E-state index contributed by atoms with van der Waals surface area (Å²) in [6.45, 7) is -0.604. The van der Waals surface area contributed by atoms with E-state index in [1.807, 2.05) is 24.3 Å². The summed E-state index contributed by atoms with van der Waals surface area (Å²) < 4.78 is 37.9. The molecule has 0 bridgehead atoms. The first kappa shape index (κ1) is 16.3. The van der Waals surface area contributed by atoms with Gasteiger partial charge in [0.15, 0.2) is 5.13 Å². The minimum atomic E-state index is -4.33. The monoisotopic (exact) mass is 380 g/mol. The lowest BCUT2D eigenvalue weighted by atomic mass is 10.2. The molecule has 1 aromatic carbocycles. The molecule has 114 valence electrons. The standard InChI is InChI=1S/C13H12BrF3N2OS/c14-9-3-1-8(2-4-9)11-7-21-12(19-11)18-10(6-20)5-13(15,16)17/h1-4,7,10,20H,5-6H2,(H,18,19). The molecule has 0 fully saturated rings. The maximum Gasteiger partial charge on any atom is 0.391 e. The minimum absolute atomic E-state index is 0.358. The van der Waals surface area contributed by atoms with Crippen molar-refractivity contribution in [1.82, 2.24) is 4.98 Å². The molecular weight excluding hydrogens is 369 g/mol. The van der Waals surface area contributed by atoms with Crippen LogP contribution >= 0.6 is 27.3 Å². The van der Waals surface area contributed by atoms with E-state index in [0.717, 1.165) is 10.0 Å². The van der Waals surface area contributed by atoms with Crippen molar-refractivity contribution in [1.29, 1.82) is 0 Å². The van der Waals surface area contributed by atoms with E-state index in [1.165, 1.54) is 11.3 Å². The maximum atomic E-state index is 12.3. The van der Waals surface area contributed by atoms with E-state index >= 15 is 0 Å². The Morgan fingerprint density at radius 3 is 2.52 bits per heavy atom. The van der Waals surface area contributed by atoms with Gasteiger partial charge < -0.3 is 10.4 Å². The average Bonchev–Trinajstić information content (AvgIpc) is 2.85. The molecule has 21 heavy (non-hydrogen) atoms. The average molecular weight is 381 g/mol. The number of aromatic nitrogens is 1. The van der Waals surface area contributed by atoms with Gasteiger partial charge in [0.2, 0.25) is 0 Å². The largest absolute Gasteiger partial charge is 0.394 e. The van der Waals surface area contributed by atoms with Crippen LogP contribution in [0.1, 0.15) is 6.42 Å². The summed E-state index contributed by atoms with van der Waals surface area (Å²) in [7, 11) is 0. The molecule has 3 nitrogen and oxygen atoms in total. The van der Waals surface area contributed by atoms with Crippen LogP contribution in [0, 0.1) is 0 Å². The number of rotatable bonds is 5. The van der Waals surface area contributed by atoms with Crippen molar-refractivity contribution in [2.75, 3.05) is 11.9 Å². The Morgan fingerprint density at radius 2 is 1.95 bits per heavy atom. The molecule has 8 heteroatoms. The van der Waals surface area contributed by atoms with Crippen molar-refractivity contribution >= 4 is 32.4 Å². The lowest BCUT2D eigenvalue weighted by Gasteiger charge is -2.17. The fourth-order valence-corrected chi connectivity index (χ4v) is 2.77. The van der Waals surface area contributed by atoms with E-state index < -0.39 is 25.2 Å². The first-order chi connectivity index (χ1) is 9.87. The van der Waals surface area contributed by atoms with Crippen LogP contribution in [0.25, 0.3) is 11.3 Å². The van der Waals surface area contributed by atoms with Gasteiger partial charge in [-0.25, -0.2) is 4.98 Å². The first-order valence-electron chi connectivity index (χ1n) is 6.03. The van der Waals surface area contributed by atoms with Crippen LogP contribution in [-0.2, 0) is 0 Å². The predicted molar refractivity (Wildman–Crippen MR) is 80.4 cm³/mol. The summed E-state index contributed by atoms with van der Waals surface area (Å²) in [6, 6.07) is 6.36. The highest BCUT2D eigenvalue weighted by Crippen LogP contribution is 2.28. The summed E-state index contributed by atoms with van der Waals surface area (Å²) >= 11 is 4.53. The second-order valence-corrected chi connectivity index (χ2v) is 6.16. The first-order valence-corrected chi connectivity index (χ1v) is 7.70. The van der Waals surface area contributed by atoms with Gasteiger partial charge in [0, 0.05) is 15.4 Å². The number of anilines is 1. The van der Waals surface area contributed by atoms with E-state index in [1.54, 1.807) is 5.38 Å². The fraction of sp³-hybridized carbons (Fsp3) is 0.308. The van der Waals surface area contributed by atoms with Gasteiger partial charge in [0.05, 0.1) is 24.8 Å². The quantitative estimate of drug-likeness (QED) is 0.812. The number of benzene rings is 1. The molecule has 2 aromatic rings. The van der Waals surface area contributed by atoms with Gasteiger partial charge in [-0.2, -0.15) is 13.2 Å². The summed E-state index contributed by atoms with van der Waals surface area (Å²) in [5.74, 6) is 0. The van der Waals surface area contributed by atoms with Gasteiger partial charge >= 0.3 is 6.18 Å². The number of alkyl halides is 3. The Kier molecular flexibility index (Phi) is 5.23. The molecule has 0 spiro atoms. The molecule has 0 amide bonds. The van der Waals surface area contributed by atoms with Crippen molar-refractivity contribution in [3.05, 3.63) is 34.1 Å². The summed E-state index contributed by atoms with van der Waals surface area (Å²) in [6.07, 6.45) is -5.43. The molecular formula is C13H12BrF3N2OS. The third-order valence-electron chi connectivity index (χ3n) is 2.67. The molecule has 0 saturated carbocycles. The molecule has 1 unspecified atom stereocenters. The minimum Gasteiger partial charge on any atom is -0.394 e. The van der Waals surface area contributed by atoms with Crippen LogP contribution in [0.5, 0.6) is 0 Å². The predicted octanol–water partition coefficient (Wildman–Crippen LogP) is 4.30. The molecule has 0 radical (unpaired) electrons. The SMILES string of the molecule is OCC(CC(F)(F)F)Nc1nc(-c2ccc(Br)cc2)cs1. The second kappa shape index (κ2) is 6.76. The number of halogens is 4. The third-order valence-corrected chi connectivity index (χ3v) is 3.97. The molecule has 2 rings (SSSR count). The number of hydrogen-bond donors (Lipinski definition) is 2. The lowest BCUT2D eigenvalue weighted by Crippen LogP contribution is -2.30. The molecule has 1 heterocycles. The van der Waals surface area contributed by atoms with Gasteiger partial charge in [-0.15, -0.1) is 11.3 Å². The smallest absolute Gasteiger partial charge is 0.391 e. The highest BCUT2D eigenvalue weighted by molar-refractivity contribution is 9.10. The van der Waals surface area contributed by atoms with Crippen molar-refractivity contribution < 1.29 is 18.3 Å². The zero-order valence-corrected chi connectivity index (χ0v) is 13.1. The van der Waals surface area contributed by atoms with Crippen molar-refractivity contribution in [3.8, 4) is 11.3 Å². The summed E-state index contributed by atoms with van der Waals surface area (Å²) in [5, 5.41) is 13.7. The van der Waals surface area contributed by atoms with Gasteiger partial charge in [0.1, 0.15) is 0 Å². The topological polar surface area (TPSA) is 45.1 Å². The van der Waals surface area contributed by atoms with Crippen LogP contribution in [-0.4, -0.2) is 28.9 Å². The normalized spacial score (nSPS) is 13.2. The Bertz CT molecular complexity index is 586. The van der Waals surface area contributed by atoms with Crippen molar-refractivity contribution in [2.45, 2.75) is 18.6 Å². The zero-order chi connectivity index (χ0) is 15.5. The number of nitrogens with zero attached hydrogens (tertiary/aromatic N) is 1. The molecule has 2 N–H and O–H groups in total. The lowest BCUT2D eigenvalue weighted by molar-refractivity contribution is -0.138. The van der Waals surface area contributed by atoms with E-state index in [2.05, 4.69) is 26.2 Å². The molecule has 0 aliphatic heterocycles. The molecule has 1 atom stereocenters. The van der Waals surface area contributed by atoms with E-state index in [4.69, 9.17) is 5.11 Å². The Balaban J connectivity index is 2.07. The Labute approximate surface area is 132 Å². The van der Waals surface area contributed by atoms with Gasteiger partial charge in [0.25, 0.3) is 0 Å². The second-order valence-electron chi connectivity index (χ2n) is 4.39. The van der Waals surface area contributed by atoms with E-state index in [0.29, 0.717) is 10.8 Å². The van der Waals surface area contributed by atoms with Crippen LogP contribution in [0.3, 0.4) is 0 Å². The van der Waals surface area contributed by atoms with E-state index in [9.17, 15) is 13.2 Å². The van der Waals surface area contributed by atoms with Gasteiger partial charge in [-0.3, -0.25) is 0 Å². The number of nitrogens with one attached hydrogen (secondary N) is 1. The molecule has 0 aliphatic carbocycles. The molecule has 0 saturated heterocycles. The van der Waals surface area contributed by atoms with Gasteiger partial charge in [-0.05, 0) is 12.1 Å². The van der Waals surface area contributed by atoms with E-state index in [-0.39, 0.29) is 0 Å². The summed E-state index contributed by atoms with van der Waals surface area (Å²) in [5.41, 5.74) is 1.55. The Morgan fingerprint density at radius 1 is 1.29 bits per heavy atom. The van der Waals surface area contributed by atoms with Crippen molar-refractivity contribution in [3.63, 3.8) is 0 Å². The highest BCUT2D eigenvalue weighted by Gasteiger charge is 2.31.